The van der Waals surface area contributed by atoms with Crippen LogP contribution in [0.15, 0.2) is 60.8 Å². The Balaban J connectivity index is 1.16. The molecule has 8 heteroatoms. The van der Waals surface area contributed by atoms with Crippen molar-refractivity contribution in [2.45, 2.75) is 38.1 Å². The lowest BCUT2D eigenvalue weighted by Crippen LogP contribution is -2.45. The summed E-state index contributed by atoms with van der Waals surface area (Å²) in [6.07, 6.45) is 6.15. The lowest BCUT2D eigenvalue weighted by molar-refractivity contribution is -0.136. The maximum absolute atomic E-state index is 13.3. The largest absolute Gasteiger partial charge is 0.367 e. The van der Waals surface area contributed by atoms with Crippen LogP contribution >= 0.6 is 11.6 Å². The number of benzene rings is 2. The predicted octanol–water partition coefficient (Wildman–Crippen LogP) is 4.05. The molecule has 1 N–H and O–H groups in total. The summed E-state index contributed by atoms with van der Waals surface area (Å²) >= 11 is 6.45. The number of anilines is 1. The molecule has 0 bridgehead atoms. The zero-order valence-electron chi connectivity index (χ0n) is 20.0. The molecule has 2 aromatic carbocycles. The minimum Gasteiger partial charge on any atom is -0.367 e. The van der Waals surface area contributed by atoms with Crippen LogP contribution in [0.3, 0.4) is 0 Å². The van der Waals surface area contributed by atoms with Gasteiger partial charge in [0.1, 0.15) is 13.7 Å². The summed E-state index contributed by atoms with van der Waals surface area (Å²) < 4.78 is 1.74. The van der Waals surface area contributed by atoms with E-state index in [9.17, 15) is 4.79 Å². The van der Waals surface area contributed by atoms with E-state index in [1.54, 1.807) is 10.7 Å². The number of aryl methyl sites for hydroxylation is 1. The first-order chi connectivity index (χ1) is 17.6. The van der Waals surface area contributed by atoms with Crippen LogP contribution in [0.25, 0.3) is 16.9 Å². The van der Waals surface area contributed by atoms with Crippen molar-refractivity contribution in [1.82, 2.24) is 19.5 Å². The molecule has 1 fully saturated rings. The Morgan fingerprint density at radius 2 is 1.78 bits per heavy atom. The Morgan fingerprint density at radius 3 is 2.58 bits per heavy atom. The number of fused-ring (bicyclic) bond motifs is 2. The number of amides is 1. The summed E-state index contributed by atoms with van der Waals surface area (Å²) in [6, 6.07) is 18.3. The lowest BCUT2D eigenvalue weighted by Gasteiger charge is -2.36. The van der Waals surface area contributed by atoms with Crippen molar-refractivity contribution in [1.29, 1.82) is 0 Å². The third-order valence-electron chi connectivity index (χ3n) is 7.50. The highest BCUT2D eigenvalue weighted by atomic mass is 35.5. The van der Waals surface area contributed by atoms with Gasteiger partial charge in [-0.15, -0.1) is 0 Å². The van der Waals surface area contributed by atoms with E-state index in [1.165, 1.54) is 11.1 Å². The van der Waals surface area contributed by atoms with Crippen molar-refractivity contribution in [2.24, 2.45) is 5.92 Å². The predicted molar refractivity (Wildman–Crippen MR) is 144 cm³/mol. The molecule has 1 unspecified atom stereocenters. The molecule has 4 aromatic rings. The molecule has 3 heterocycles. The molecule has 1 aliphatic heterocycles. The van der Waals surface area contributed by atoms with Gasteiger partial charge in [0.05, 0.1) is 5.69 Å². The molecule has 6 nitrogen and oxygen atoms in total. The van der Waals surface area contributed by atoms with E-state index in [0.29, 0.717) is 22.0 Å². The molecule has 0 saturated carbocycles. The summed E-state index contributed by atoms with van der Waals surface area (Å²) in [7, 11) is 6.16. The number of likely N-dealkylation sites (tertiary alicyclic amines) is 1. The van der Waals surface area contributed by atoms with E-state index < -0.39 is 0 Å². The van der Waals surface area contributed by atoms with Gasteiger partial charge >= 0.3 is 0 Å². The number of hydrogen-bond donors (Lipinski definition) is 1. The Bertz CT molecular complexity index is 1430. The zero-order valence-corrected chi connectivity index (χ0v) is 20.8. The van der Waals surface area contributed by atoms with E-state index in [2.05, 4.69) is 39.6 Å². The summed E-state index contributed by atoms with van der Waals surface area (Å²) in [5, 5.41) is 8.71. The van der Waals surface area contributed by atoms with Crippen molar-refractivity contribution in [3.8, 4) is 11.3 Å². The summed E-state index contributed by atoms with van der Waals surface area (Å²) in [5.41, 5.74) is 5.42. The maximum atomic E-state index is 13.3. The number of piperidine rings is 1. The van der Waals surface area contributed by atoms with Gasteiger partial charge in [0, 0.05) is 47.9 Å². The molecule has 1 amide bonds. The normalized spacial score (nSPS) is 18.2. The molecule has 2 radical (unpaired) electrons. The molecule has 1 saturated heterocycles. The van der Waals surface area contributed by atoms with Crippen LogP contribution in [-0.2, 0) is 17.6 Å². The number of hydrogen-bond acceptors (Lipinski definition) is 4. The standard InChI is InChI=1S/C28H27BClN5O/c29-23-17-31-35-26(16-25(33-27(23)35)22-7-3-4-8-24(22)30)32-21-11-13-34(14-12-21)28(36)20-10-9-18-5-1-2-6-19(18)15-20/h1-8,16-17,20-21,32H,9-15H2. The van der Waals surface area contributed by atoms with E-state index in [4.69, 9.17) is 24.4 Å². The van der Waals surface area contributed by atoms with Crippen molar-refractivity contribution in [3.05, 3.63) is 76.9 Å². The molecular weight excluding hydrogens is 469 g/mol. The average Bonchev–Trinajstić information content (AvgIpc) is 3.29. The van der Waals surface area contributed by atoms with Gasteiger partial charge in [0.15, 0.2) is 5.65 Å². The van der Waals surface area contributed by atoms with Gasteiger partial charge in [-0.1, -0.05) is 54.1 Å². The van der Waals surface area contributed by atoms with Crippen molar-refractivity contribution in [3.63, 3.8) is 0 Å². The highest BCUT2D eigenvalue weighted by Gasteiger charge is 2.31. The summed E-state index contributed by atoms with van der Waals surface area (Å²) in [6.45, 7) is 1.50. The Labute approximate surface area is 217 Å². The average molecular weight is 496 g/mol. The first-order valence-electron chi connectivity index (χ1n) is 12.6. The van der Waals surface area contributed by atoms with Gasteiger partial charge < -0.3 is 10.2 Å². The minimum absolute atomic E-state index is 0.0921. The Kier molecular flexibility index (Phi) is 6.18. The molecule has 1 aliphatic carbocycles. The van der Waals surface area contributed by atoms with Gasteiger partial charge in [0.2, 0.25) is 5.91 Å². The SMILES string of the molecule is [B]c1cnn2c(NC3CCN(C(=O)C4CCc5ccccc5C4)CC3)cc(-c3ccccc3Cl)nc12. The highest BCUT2D eigenvalue weighted by Crippen LogP contribution is 2.30. The monoisotopic (exact) mass is 495 g/mol. The number of carbonyl (C=O) groups excluding carboxylic acids is 1. The van der Waals surface area contributed by atoms with Crippen LogP contribution in [0, 0.1) is 5.92 Å². The van der Waals surface area contributed by atoms with E-state index in [1.807, 2.05) is 30.3 Å². The molecular formula is C28H27BClN5O. The number of nitrogens with one attached hydrogen (secondary N) is 1. The van der Waals surface area contributed by atoms with Crippen LogP contribution in [0.1, 0.15) is 30.4 Å². The minimum atomic E-state index is 0.0921. The Morgan fingerprint density at radius 1 is 1.03 bits per heavy atom. The number of rotatable bonds is 4. The van der Waals surface area contributed by atoms with Crippen LogP contribution in [0.4, 0.5) is 5.82 Å². The summed E-state index contributed by atoms with van der Waals surface area (Å²) in [4.78, 5) is 20.1. The molecule has 1 atom stereocenters. The third-order valence-corrected chi connectivity index (χ3v) is 7.83. The van der Waals surface area contributed by atoms with Gasteiger partial charge in [-0.25, -0.2) is 4.98 Å². The molecule has 180 valence electrons. The van der Waals surface area contributed by atoms with E-state index in [0.717, 1.165) is 62.3 Å². The number of carbonyl (C=O) groups is 1. The molecule has 36 heavy (non-hydrogen) atoms. The van der Waals surface area contributed by atoms with Crippen molar-refractivity contribution >= 4 is 42.3 Å². The fourth-order valence-corrected chi connectivity index (χ4v) is 5.74. The topological polar surface area (TPSA) is 62.5 Å². The third kappa shape index (κ3) is 4.37. The molecule has 0 spiro atoms. The van der Waals surface area contributed by atoms with Crippen LogP contribution in [-0.4, -0.2) is 52.4 Å². The van der Waals surface area contributed by atoms with E-state index >= 15 is 0 Å². The number of nitrogens with zero attached hydrogens (tertiary/aromatic N) is 4. The fourth-order valence-electron chi connectivity index (χ4n) is 5.51. The van der Waals surface area contributed by atoms with Gasteiger partial charge in [-0.05, 0) is 54.8 Å². The number of aromatic nitrogens is 3. The molecule has 6 rings (SSSR count). The van der Waals surface area contributed by atoms with Crippen LogP contribution in [0.5, 0.6) is 0 Å². The van der Waals surface area contributed by atoms with E-state index in [-0.39, 0.29) is 12.0 Å². The second kappa shape index (κ2) is 9.62. The van der Waals surface area contributed by atoms with Crippen LogP contribution < -0.4 is 10.8 Å². The number of halogens is 1. The van der Waals surface area contributed by atoms with Crippen molar-refractivity contribution in [2.75, 3.05) is 18.4 Å². The molecule has 2 aliphatic rings. The van der Waals surface area contributed by atoms with Gasteiger partial charge in [0.25, 0.3) is 0 Å². The maximum Gasteiger partial charge on any atom is 0.226 e. The van der Waals surface area contributed by atoms with Gasteiger partial charge in [-0.2, -0.15) is 9.61 Å². The first-order valence-corrected chi connectivity index (χ1v) is 13.0. The second-order valence-electron chi connectivity index (χ2n) is 9.79. The van der Waals surface area contributed by atoms with Gasteiger partial charge in [-0.3, -0.25) is 4.79 Å². The quantitative estimate of drug-likeness (QED) is 0.434. The van der Waals surface area contributed by atoms with Crippen LogP contribution in [0.2, 0.25) is 5.02 Å². The lowest BCUT2D eigenvalue weighted by atomic mass is 9.83. The summed E-state index contributed by atoms with van der Waals surface area (Å²) in [5.74, 6) is 1.21. The molecule has 2 aromatic heterocycles. The van der Waals surface area contributed by atoms with Crippen molar-refractivity contribution < 1.29 is 4.79 Å². The fraction of sp³-hybridized carbons (Fsp3) is 0.321. The zero-order chi connectivity index (χ0) is 24.6. The highest BCUT2D eigenvalue weighted by molar-refractivity contribution is 6.36. The smallest absolute Gasteiger partial charge is 0.226 e. The Hall–Kier alpha value is -3.32. The first kappa shape index (κ1) is 23.1. The second-order valence-corrected chi connectivity index (χ2v) is 10.2.